The molecule has 90 valence electrons. The van der Waals surface area contributed by atoms with E-state index in [1.54, 1.807) is 6.20 Å². The Labute approximate surface area is 110 Å². The molecule has 0 aliphatic rings. The van der Waals surface area contributed by atoms with Gasteiger partial charge in [0.05, 0.1) is 22.9 Å². The number of aromatic nitrogens is 3. The van der Waals surface area contributed by atoms with Gasteiger partial charge in [-0.05, 0) is 24.3 Å². The van der Waals surface area contributed by atoms with Gasteiger partial charge in [0, 0.05) is 29.4 Å². The van der Waals surface area contributed by atoms with Gasteiger partial charge in [-0.25, -0.2) is 0 Å². The highest BCUT2D eigenvalue weighted by Crippen LogP contribution is 2.30. The van der Waals surface area contributed by atoms with Gasteiger partial charge >= 0.3 is 0 Å². The van der Waals surface area contributed by atoms with E-state index in [4.69, 9.17) is 0 Å². The summed E-state index contributed by atoms with van der Waals surface area (Å²) in [5.41, 5.74) is 3.41. The first-order chi connectivity index (χ1) is 9.45. The summed E-state index contributed by atoms with van der Waals surface area (Å²) < 4.78 is 2.22. The summed E-state index contributed by atoms with van der Waals surface area (Å²) in [7, 11) is 0. The zero-order valence-corrected chi connectivity index (χ0v) is 10.2. The molecule has 4 aromatic rings. The molecule has 0 spiro atoms. The van der Waals surface area contributed by atoms with Gasteiger partial charge in [-0.2, -0.15) is 0 Å². The summed E-state index contributed by atoms with van der Waals surface area (Å²) in [6.45, 7) is 0. The lowest BCUT2D eigenvalue weighted by Gasteiger charge is -2.06. The zero-order valence-electron chi connectivity index (χ0n) is 10.2. The van der Waals surface area contributed by atoms with Crippen molar-refractivity contribution >= 4 is 21.8 Å². The van der Waals surface area contributed by atoms with Crippen LogP contribution in [0.3, 0.4) is 0 Å². The Morgan fingerprint density at radius 3 is 2.42 bits per heavy atom. The van der Waals surface area contributed by atoms with E-state index in [0.717, 1.165) is 11.2 Å². The Balaban J connectivity index is 2.24. The fourth-order valence-corrected chi connectivity index (χ4v) is 2.58. The molecule has 4 rings (SSSR count). The molecular weight excluding hydrogens is 234 g/mol. The van der Waals surface area contributed by atoms with Crippen LogP contribution in [-0.4, -0.2) is 14.5 Å². The van der Waals surface area contributed by atoms with Crippen LogP contribution in [0.25, 0.3) is 27.5 Å². The minimum Gasteiger partial charge on any atom is -0.308 e. The van der Waals surface area contributed by atoms with Crippen LogP contribution in [0.4, 0.5) is 0 Å². The van der Waals surface area contributed by atoms with E-state index in [-0.39, 0.29) is 0 Å². The summed E-state index contributed by atoms with van der Waals surface area (Å²) in [5, 5.41) is 2.39. The van der Waals surface area contributed by atoms with Crippen molar-refractivity contribution in [3.05, 3.63) is 67.3 Å². The Morgan fingerprint density at radius 1 is 0.684 bits per heavy atom. The quantitative estimate of drug-likeness (QED) is 0.513. The zero-order chi connectivity index (χ0) is 12.7. The minimum atomic E-state index is 1.07. The van der Waals surface area contributed by atoms with E-state index in [9.17, 15) is 0 Å². The summed E-state index contributed by atoms with van der Waals surface area (Å²) in [6, 6.07) is 14.4. The number of pyridine rings is 2. The molecule has 0 saturated carbocycles. The number of hydrogen-bond donors (Lipinski definition) is 0. The maximum Gasteiger partial charge on any atom is 0.0645 e. The van der Waals surface area contributed by atoms with E-state index < -0.39 is 0 Å². The average molecular weight is 245 g/mol. The van der Waals surface area contributed by atoms with Crippen molar-refractivity contribution in [2.75, 3.05) is 0 Å². The monoisotopic (exact) mass is 245 g/mol. The number of nitrogens with zero attached hydrogens (tertiary/aromatic N) is 3. The second-order valence-corrected chi connectivity index (χ2v) is 4.46. The first-order valence-electron chi connectivity index (χ1n) is 6.19. The molecule has 0 N–H and O–H groups in total. The summed E-state index contributed by atoms with van der Waals surface area (Å²) in [4.78, 5) is 8.46. The van der Waals surface area contributed by atoms with Crippen molar-refractivity contribution in [3.63, 3.8) is 0 Å². The lowest BCUT2D eigenvalue weighted by Crippen LogP contribution is -1.93. The van der Waals surface area contributed by atoms with Gasteiger partial charge in [0.1, 0.15) is 0 Å². The van der Waals surface area contributed by atoms with Crippen LogP contribution in [0.5, 0.6) is 0 Å². The van der Waals surface area contributed by atoms with E-state index in [0.29, 0.717) is 0 Å². The molecule has 3 nitrogen and oxygen atoms in total. The topological polar surface area (TPSA) is 30.7 Å². The fraction of sp³-hybridized carbons (Fsp3) is 0. The molecular formula is C16H11N3. The molecule has 0 unspecified atom stereocenters. The van der Waals surface area contributed by atoms with Crippen LogP contribution in [0.1, 0.15) is 0 Å². The van der Waals surface area contributed by atoms with Gasteiger partial charge < -0.3 is 4.57 Å². The summed E-state index contributed by atoms with van der Waals surface area (Å²) in [6.07, 6.45) is 7.42. The predicted octanol–water partition coefficient (Wildman–Crippen LogP) is 3.57. The molecule has 0 aliphatic carbocycles. The Bertz CT molecular complexity index is 810. The Hall–Kier alpha value is -2.68. The first kappa shape index (κ1) is 10.3. The van der Waals surface area contributed by atoms with Gasteiger partial charge in [0.15, 0.2) is 0 Å². The van der Waals surface area contributed by atoms with Gasteiger partial charge in [0.2, 0.25) is 0 Å². The maximum atomic E-state index is 4.24. The molecule has 0 bridgehead atoms. The standard InChI is InChI=1S/C16H11N3/c1-2-6-15-13(5-1)14-11-18-9-7-16(14)19(15)12-4-3-8-17-10-12/h1-11H. The second-order valence-electron chi connectivity index (χ2n) is 4.46. The number of rotatable bonds is 1. The SMILES string of the molecule is c1cncc(-n2c3ccccc3c3cnccc32)c1. The molecule has 0 aliphatic heterocycles. The minimum absolute atomic E-state index is 1.07. The molecule has 3 aromatic heterocycles. The van der Waals surface area contributed by atoms with Crippen LogP contribution in [-0.2, 0) is 0 Å². The molecule has 0 amide bonds. The number of para-hydroxylation sites is 1. The lowest BCUT2D eigenvalue weighted by atomic mass is 10.2. The molecule has 0 radical (unpaired) electrons. The van der Waals surface area contributed by atoms with Crippen molar-refractivity contribution in [2.24, 2.45) is 0 Å². The first-order valence-corrected chi connectivity index (χ1v) is 6.19. The van der Waals surface area contributed by atoms with Crippen LogP contribution in [0.15, 0.2) is 67.3 Å². The van der Waals surface area contributed by atoms with Crippen molar-refractivity contribution < 1.29 is 0 Å². The van der Waals surface area contributed by atoms with Crippen LogP contribution in [0, 0.1) is 0 Å². The Morgan fingerprint density at radius 2 is 1.53 bits per heavy atom. The highest BCUT2D eigenvalue weighted by molar-refractivity contribution is 6.08. The molecule has 1 aromatic carbocycles. The van der Waals surface area contributed by atoms with Crippen LogP contribution in [0.2, 0.25) is 0 Å². The molecule has 3 heterocycles. The van der Waals surface area contributed by atoms with Crippen molar-refractivity contribution in [1.82, 2.24) is 14.5 Å². The van der Waals surface area contributed by atoms with Crippen molar-refractivity contribution in [1.29, 1.82) is 0 Å². The van der Waals surface area contributed by atoms with Crippen LogP contribution < -0.4 is 0 Å². The average Bonchev–Trinajstić information content (AvgIpc) is 2.83. The van der Waals surface area contributed by atoms with E-state index in [2.05, 4.69) is 44.9 Å². The van der Waals surface area contributed by atoms with E-state index in [1.165, 1.54) is 16.3 Å². The fourth-order valence-electron chi connectivity index (χ4n) is 2.58. The van der Waals surface area contributed by atoms with Gasteiger partial charge in [-0.15, -0.1) is 0 Å². The molecule has 0 fully saturated rings. The Kier molecular flexibility index (Phi) is 2.12. The summed E-state index contributed by atoms with van der Waals surface area (Å²) >= 11 is 0. The number of benzene rings is 1. The highest BCUT2D eigenvalue weighted by Gasteiger charge is 2.10. The third kappa shape index (κ3) is 1.45. The van der Waals surface area contributed by atoms with Crippen molar-refractivity contribution in [3.8, 4) is 5.69 Å². The van der Waals surface area contributed by atoms with E-state index >= 15 is 0 Å². The number of hydrogen-bond acceptors (Lipinski definition) is 2. The maximum absolute atomic E-state index is 4.24. The molecule has 0 saturated heterocycles. The predicted molar refractivity (Wildman–Crippen MR) is 76.4 cm³/mol. The van der Waals surface area contributed by atoms with Crippen LogP contribution >= 0.6 is 0 Å². The summed E-state index contributed by atoms with van der Waals surface area (Å²) in [5.74, 6) is 0. The molecule has 19 heavy (non-hydrogen) atoms. The lowest BCUT2D eigenvalue weighted by molar-refractivity contribution is 1.14. The highest BCUT2D eigenvalue weighted by atomic mass is 15.0. The van der Waals surface area contributed by atoms with Gasteiger partial charge in [0.25, 0.3) is 0 Å². The smallest absolute Gasteiger partial charge is 0.0645 e. The normalized spacial score (nSPS) is 11.2. The molecule has 0 atom stereocenters. The second kappa shape index (κ2) is 3.92. The number of fused-ring (bicyclic) bond motifs is 3. The third-order valence-electron chi connectivity index (χ3n) is 3.38. The molecule has 3 heteroatoms. The van der Waals surface area contributed by atoms with Gasteiger partial charge in [-0.1, -0.05) is 18.2 Å². The van der Waals surface area contributed by atoms with Crippen molar-refractivity contribution in [2.45, 2.75) is 0 Å². The largest absolute Gasteiger partial charge is 0.308 e. The van der Waals surface area contributed by atoms with E-state index in [1.807, 2.05) is 30.7 Å². The third-order valence-corrected chi connectivity index (χ3v) is 3.38. The van der Waals surface area contributed by atoms with Gasteiger partial charge in [-0.3, -0.25) is 9.97 Å².